The van der Waals surface area contributed by atoms with Gasteiger partial charge in [-0.2, -0.15) is 0 Å². The zero-order chi connectivity index (χ0) is 17.6. The summed E-state index contributed by atoms with van der Waals surface area (Å²) in [6, 6.07) is 5.67. The monoisotopic (exact) mass is 321 g/mol. The van der Waals surface area contributed by atoms with Crippen LogP contribution in [0.15, 0.2) is 35.5 Å². The predicted octanol–water partition coefficient (Wildman–Crippen LogP) is 0.931. The number of anilines is 1. The average Bonchev–Trinajstić information content (AvgIpc) is 2.46. The summed E-state index contributed by atoms with van der Waals surface area (Å²) in [5, 5.41) is 21.2. The van der Waals surface area contributed by atoms with Gasteiger partial charge in [-0.1, -0.05) is 0 Å². The molecule has 0 aliphatic carbocycles. The molecule has 0 spiro atoms. The first-order valence-electron chi connectivity index (χ1n) is 6.58. The van der Waals surface area contributed by atoms with Crippen LogP contribution in [0.25, 0.3) is 0 Å². The number of likely N-dealkylation sites (N-methyl/N-ethyl adjacent to an activating group) is 1. The quantitative estimate of drug-likeness (QED) is 0.170. The summed E-state index contributed by atoms with van der Waals surface area (Å²) < 4.78 is 4.66. The fourth-order valence-corrected chi connectivity index (χ4v) is 1.84. The predicted molar refractivity (Wildman–Crippen MR) is 86.2 cm³/mol. The molecule has 1 rings (SSSR count). The summed E-state index contributed by atoms with van der Waals surface area (Å²) >= 11 is 0. The van der Waals surface area contributed by atoms with Crippen LogP contribution in [0.3, 0.4) is 0 Å². The fraction of sp³-hybridized carbons (Fsp3) is 0.286. The van der Waals surface area contributed by atoms with Crippen molar-refractivity contribution in [2.75, 3.05) is 33.1 Å². The molecule has 0 heterocycles. The Kier molecular flexibility index (Phi) is 6.22. The topological polar surface area (TPSA) is 135 Å². The summed E-state index contributed by atoms with van der Waals surface area (Å²) in [5.74, 6) is -1.16. The summed E-state index contributed by atoms with van der Waals surface area (Å²) in [6.45, 7) is 0.293. The number of benzene rings is 1. The van der Waals surface area contributed by atoms with Gasteiger partial charge in [0.15, 0.2) is 0 Å². The van der Waals surface area contributed by atoms with E-state index in [4.69, 9.17) is 11.1 Å². The van der Waals surface area contributed by atoms with Crippen LogP contribution in [0.5, 0.6) is 0 Å². The van der Waals surface area contributed by atoms with E-state index in [0.29, 0.717) is 17.9 Å². The van der Waals surface area contributed by atoms with E-state index in [1.807, 2.05) is 0 Å². The Bertz CT molecular complexity index is 637. The number of carbonyl (C=O) groups excluding carboxylic acids is 1. The fourth-order valence-electron chi connectivity index (χ4n) is 1.84. The summed E-state index contributed by atoms with van der Waals surface area (Å²) in [7, 11) is 4.77. The Morgan fingerprint density at radius 3 is 2.35 bits per heavy atom. The van der Waals surface area contributed by atoms with Crippen LogP contribution in [0.1, 0.15) is 0 Å². The first-order chi connectivity index (χ1) is 10.8. The number of nitrogens with one attached hydrogen (secondary N) is 2. The number of esters is 1. The molecule has 124 valence electrons. The van der Waals surface area contributed by atoms with Crippen molar-refractivity contribution in [1.29, 1.82) is 5.41 Å². The highest BCUT2D eigenvalue weighted by atomic mass is 16.6. The molecule has 0 saturated heterocycles. The van der Waals surface area contributed by atoms with Crippen LogP contribution in [0, 0.1) is 15.5 Å². The van der Waals surface area contributed by atoms with E-state index in [2.05, 4.69) is 10.1 Å². The maximum Gasteiger partial charge on any atom is 0.343 e. The molecule has 23 heavy (non-hydrogen) atoms. The lowest BCUT2D eigenvalue weighted by Gasteiger charge is -2.19. The molecule has 0 aliphatic rings. The van der Waals surface area contributed by atoms with E-state index in [1.54, 1.807) is 19.0 Å². The normalized spacial score (nSPS) is 11.7. The number of amidine groups is 1. The van der Waals surface area contributed by atoms with Crippen LogP contribution < -0.4 is 11.1 Å². The van der Waals surface area contributed by atoms with Crippen LogP contribution in [-0.4, -0.2) is 49.4 Å². The zero-order valence-corrected chi connectivity index (χ0v) is 13.1. The van der Waals surface area contributed by atoms with Crippen molar-refractivity contribution < 1.29 is 14.5 Å². The van der Waals surface area contributed by atoms with Crippen molar-refractivity contribution in [3.63, 3.8) is 0 Å². The average molecular weight is 321 g/mol. The Hall–Kier alpha value is -2.94. The Labute approximate surface area is 133 Å². The zero-order valence-electron chi connectivity index (χ0n) is 13.1. The summed E-state index contributed by atoms with van der Waals surface area (Å²) in [4.78, 5) is 23.8. The van der Waals surface area contributed by atoms with Crippen molar-refractivity contribution in [3.05, 3.63) is 45.6 Å². The van der Waals surface area contributed by atoms with Crippen molar-refractivity contribution in [2.24, 2.45) is 5.73 Å². The van der Waals surface area contributed by atoms with Gasteiger partial charge in [0.2, 0.25) is 0 Å². The lowest BCUT2D eigenvalue weighted by Crippen LogP contribution is -2.29. The highest BCUT2D eigenvalue weighted by Gasteiger charge is 2.20. The van der Waals surface area contributed by atoms with Gasteiger partial charge in [0.1, 0.15) is 11.4 Å². The smallest absolute Gasteiger partial charge is 0.343 e. The molecular formula is C14H19N5O4. The van der Waals surface area contributed by atoms with E-state index in [-0.39, 0.29) is 11.3 Å². The first kappa shape index (κ1) is 18.1. The number of ether oxygens (including phenoxy) is 1. The number of nitro benzene ring substituents is 1. The van der Waals surface area contributed by atoms with Crippen LogP contribution in [0.2, 0.25) is 0 Å². The molecule has 0 saturated carbocycles. The minimum Gasteiger partial charge on any atom is -0.465 e. The van der Waals surface area contributed by atoms with E-state index < -0.39 is 16.7 Å². The van der Waals surface area contributed by atoms with E-state index in [0.717, 1.165) is 0 Å². The molecule has 9 heteroatoms. The highest BCUT2D eigenvalue weighted by Crippen LogP contribution is 2.18. The molecule has 9 nitrogen and oxygen atoms in total. The van der Waals surface area contributed by atoms with Gasteiger partial charge >= 0.3 is 5.97 Å². The van der Waals surface area contributed by atoms with Gasteiger partial charge in [-0.25, -0.2) is 4.79 Å². The molecule has 1 aromatic carbocycles. The van der Waals surface area contributed by atoms with Crippen molar-refractivity contribution in [2.45, 2.75) is 0 Å². The number of nitrogens with two attached hydrogens (primary N) is 1. The number of nitro groups is 1. The van der Waals surface area contributed by atoms with Gasteiger partial charge in [-0.3, -0.25) is 15.5 Å². The number of rotatable bonds is 7. The first-order valence-corrected chi connectivity index (χ1v) is 6.58. The van der Waals surface area contributed by atoms with E-state index in [9.17, 15) is 14.9 Å². The number of hydrogen-bond donors (Lipinski definition) is 3. The molecule has 0 atom stereocenters. The van der Waals surface area contributed by atoms with Gasteiger partial charge < -0.3 is 20.7 Å². The molecule has 0 aliphatic heterocycles. The number of methoxy groups -OCH3 is 1. The number of carbonyl (C=O) groups is 1. The number of hydrogen-bond acceptors (Lipinski definition) is 7. The maximum absolute atomic E-state index is 11.9. The Morgan fingerprint density at radius 1 is 1.39 bits per heavy atom. The third-order valence-electron chi connectivity index (χ3n) is 2.81. The largest absolute Gasteiger partial charge is 0.465 e. The van der Waals surface area contributed by atoms with Crippen LogP contribution in [-0.2, 0) is 9.53 Å². The third kappa shape index (κ3) is 5.08. The molecule has 0 unspecified atom stereocenters. The van der Waals surface area contributed by atoms with Gasteiger partial charge in [-0.15, -0.1) is 0 Å². The van der Waals surface area contributed by atoms with Gasteiger partial charge in [-0.05, 0) is 26.2 Å². The SMILES string of the molecule is COC(=O)/C(C(=N)N)=C(\CN(C)C)Nc1ccc([N+](=O)[O-])cc1. The molecule has 0 fully saturated rings. The van der Waals surface area contributed by atoms with E-state index >= 15 is 0 Å². The third-order valence-corrected chi connectivity index (χ3v) is 2.81. The number of nitrogens with zero attached hydrogens (tertiary/aromatic N) is 2. The van der Waals surface area contributed by atoms with Crippen LogP contribution >= 0.6 is 0 Å². The molecule has 0 bridgehead atoms. The van der Waals surface area contributed by atoms with Crippen LogP contribution in [0.4, 0.5) is 11.4 Å². The number of non-ortho nitro benzene ring substituents is 1. The Balaban J connectivity index is 3.22. The second kappa shape index (κ2) is 7.90. The molecule has 0 aromatic heterocycles. The summed E-state index contributed by atoms with van der Waals surface area (Å²) in [5.41, 5.74) is 6.24. The second-order valence-electron chi connectivity index (χ2n) is 4.93. The van der Waals surface area contributed by atoms with Gasteiger partial charge in [0.25, 0.3) is 5.69 Å². The highest BCUT2D eigenvalue weighted by molar-refractivity contribution is 6.17. The van der Waals surface area contributed by atoms with Crippen molar-refractivity contribution in [3.8, 4) is 0 Å². The van der Waals surface area contributed by atoms with E-state index in [1.165, 1.54) is 31.4 Å². The molecule has 4 N–H and O–H groups in total. The minimum absolute atomic E-state index is 0.0477. The Morgan fingerprint density at radius 2 is 1.96 bits per heavy atom. The molecule has 0 radical (unpaired) electrons. The standard InChI is InChI=1S/C14H19N5O4/c1-18(2)8-11(12(13(15)16)14(20)23-3)17-9-4-6-10(7-5-9)19(21)22/h4-7,17H,8H2,1-3H3,(H3,15,16)/b12-11+. The lowest BCUT2D eigenvalue weighted by molar-refractivity contribution is -0.384. The van der Waals surface area contributed by atoms with Gasteiger partial charge in [0, 0.05) is 30.1 Å². The minimum atomic E-state index is -0.733. The summed E-state index contributed by atoms with van der Waals surface area (Å²) in [6.07, 6.45) is 0. The van der Waals surface area contributed by atoms with Crippen molar-refractivity contribution >= 4 is 23.2 Å². The second-order valence-corrected chi connectivity index (χ2v) is 4.93. The lowest BCUT2D eigenvalue weighted by atomic mass is 10.1. The molecule has 1 aromatic rings. The van der Waals surface area contributed by atoms with Gasteiger partial charge in [0.05, 0.1) is 12.0 Å². The molecular weight excluding hydrogens is 302 g/mol. The molecule has 0 amide bonds. The maximum atomic E-state index is 11.9. The van der Waals surface area contributed by atoms with Crippen molar-refractivity contribution in [1.82, 2.24) is 4.90 Å².